The Bertz CT molecular complexity index is 3430. The second kappa shape index (κ2) is 47.2. The summed E-state index contributed by atoms with van der Waals surface area (Å²) in [7, 11) is -0.671. The molecule has 0 saturated carbocycles. The first-order valence-electron chi connectivity index (χ1n) is 36.4. The lowest BCUT2D eigenvalue weighted by Gasteiger charge is -2.27. The van der Waals surface area contributed by atoms with Gasteiger partial charge < -0.3 is 0 Å². The zero-order valence-electron chi connectivity index (χ0n) is 67.8. The molecule has 0 aliphatic rings. The van der Waals surface area contributed by atoms with E-state index >= 15 is 0 Å². The third-order valence-electron chi connectivity index (χ3n) is 17.6. The van der Waals surface area contributed by atoms with Crippen LogP contribution in [0.5, 0.6) is 0 Å². The molecule has 0 atom stereocenters. The maximum absolute atomic E-state index is 12.6. The SMILES string of the molecule is CC[Si](C)(CC)CC.Cc1ccc(C(C)(C)C)cc1.Cc1ccc(C(C)C)cc1.Cc1ccc(C)c(C)c1.Cc1ccc(C)cc1.Cc1ccc(CC(C)(C)C(F)(F)F)cc1.Cc1ccc(CC(C)(C)C)cc1.Cc1ccc(CC(C)C)cc1.Cc1ccccc1.Cc1ccccc1C. The molecule has 9 rings (SSSR count). The third kappa shape index (κ3) is 44.7. The molecule has 0 N–H and O–H groups in total. The zero-order chi connectivity index (χ0) is 75.7. The molecule has 0 amide bonds. The topological polar surface area (TPSA) is 0 Å². The lowest BCUT2D eigenvalue weighted by Crippen LogP contribution is -2.34. The van der Waals surface area contributed by atoms with Crippen molar-refractivity contribution in [2.45, 2.75) is 255 Å². The largest absolute Gasteiger partial charge is 0.394 e. The fourth-order valence-corrected chi connectivity index (χ4v) is 10.8. The van der Waals surface area contributed by atoms with Gasteiger partial charge in [0.2, 0.25) is 0 Å². The molecule has 99 heavy (non-hydrogen) atoms. The van der Waals surface area contributed by atoms with E-state index in [0.717, 1.165) is 23.5 Å². The van der Waals surface area contributed by atoms with Gasteiger partial charge in [0.15, 0.2) is 0 Å². The van der Waals surface area contributed by atoms with Crippen LogP contribution in [0.3, 0.4) is 0 Å². The van der Waals surface area contributed by atoms with E-state index in [0.29, 0.717) is 11.3 Å². The Kier molecular flexibility index (Phi) is 43.8. The van der Waals surface area contributed by atoms with Crippen molar-refractivity contribution in [2.24, 2.45) is 16.7 Å². The smallest absolute Gasteiger partial charge is 0.171 e. The molecule has 0 saturated heterocycles. The molecular formula is C95H137F3Si. The monoisotopic (exact) mass is 1360 g/mol. The van der Waals surface area contributed by atoms with Crippen LogP contribution < -0.4 is 0 Å². The Hall–Kier alpha value is -7.01. The van der Waals surface area contributed by atoms with Crippen LogP contribution in [0, 0.1) is 107 Å². The first-order chi connectivity index (χ1) is 45.9. The number of hydrogen-bond acceptors (Lipinski definition) is 0. The van der Waals surface area contributed by atoms with Crippen LogP contribution >= 0.6 is 0 Å². The maximum Gasteiger partial charge on any atom is 0.394 e. The fourth-order valence-electron chi connectivity index (χ4n) is 9.31. The molecular weight excluding hydrogens is 1230 g/mol. The molecule has 4 heteroatoms. The van der Waals surface area contributed by atoms with E-state index in [4.69, 9.17) is 0 Å². The number of rotatable bonds is 9. The number of aryl methyl sites for hydroxylation is 13. The number of benzene rings is 9. The lowest BCUT2D eigenvalue weighted by atomic mass is 9.85. The van der Waals surface area contributed by atoms with Crippen molar-refractivity contribution in [3.05, 3.63) is 319 Å². The Morgan fingerprint density at radius 1 is 0.323 bits per heavy atom. The molecule has 9 aromatic carbocycles. The van der Waals surface area contributed by atoms with Gasteiger partial charge in [-0.1, -0.05) is 397 Å². The van der Waals surface area contributed by atoms with Gasteiger partial charge in [0, 0.05) is 8.07 Å². The van der Waals surface area contributed by atoms with Gasteiger partial charge in [0.1, 0.15) is 0 Å². The summed E-state index contributed by atoms with van der Waals surface area (Å²) >= 11 is 0. The Labute approximate surface area is 608 Å². The maximum atomic E-state index is 12.6. The molecule has 0 heterocycles. The molecule has 0 aliphatic carbocycles. The highest BCUT2D eigenvalue weighted by atomic mass is 28.3. The van der Waals surface area contributed by atoms with Gasteiger partial charge in [-0.05, 0) is 182 Å². The third-order valence-corrected chi connectivity index (χ3v) is 22.7. The van der Waals surface area contributed by atoms with E-state index in [1.807, 2.05) is 37.3 Å². The quantitative estimate of drug-likeness (QED) is 0.126. The van der Waals surface area contributed by atoms with Crippen LogP contribution in [-0.2, 0) is 24.7 Å². The predicted octanol–water partition coefficient (Wildman–Crippen LogP) is 29.7. The Morgan fingerprint density at radius 3 is 0.879 bits per heavy atom. The van der Waals surface area contributed by atoms with Crippen LogP contribution in [0.25, 0.3) is 0 Å². The van der Waals surface area contributed by atoms with Crippen molar-refractivity contribution < 1.29 is 13.2 Å². The summed E-state index contributed by atoms with van der Waals surface area (Å²) in [5.74, 6) is 1.42. The van der Waals surface area contributed by atoms with E-state index in [2.05, 4.69) is 356 Å². The summed E-state index contributed by atoms with van der Waals surface area (Å²) in [5.41, 5.74) is 22.7. The van der Waals surface area contributed by atoms with Crippen molar-refractivity contribution in [1.82, 2.24) is 0 Å². The molecule has 0 unspecified atom stereocenters. The van der Waals surface area contributed by atoms with Crippen LogP contribution in [0.4, 0.5) is 13.2 Å². The van der Waals surface area contributed by atoms with Crippen LogP contribution in [0.1, 0.15) is 210 Å². The average Bonchev–Trinajstić information content (AvgIpc) is 0.829. The van der Waals surface area contributed by atoms with Crippen LogP contribution in [0.2, 0.25) is 24.7 Å². The van der Waals surface area contributed by atoms with Crippen LogP contribution in [-0.4, -0.2) is 14.3 Å². The van der Waals surface area contributed by atoms with Gasteiger partial charge in [0.05, 0.1) is 5.41 Å². The van der Waals surface area contributed by atoms with E-state index < -0.39 is 19.7 Å². The van der Waals surface area contributed by atoms with Gasteiger partial charge in [-0.3, -0.25) is 0 Å². The first kappa shape index (κ1) is 92.0. The molecule has 542 valence electrons. The summed E-state index contributed by atoms with van der Waals surface area (Å²) in [6, 6.07) is 80.2. The number of hydrogen-bond donors (Lipinski definition) is 0. The summed E-state index contributed by atoms with van der Waals surface area (Å²) < 4.78 is 37.8. The minimum atomic E-state index is -4.15. The summed E-state index contributed by atoms with van der Waals surface area (Å²) in [4.78, 5) is 0. The standard InChI is InChI=1S/C12H15F3.C12H18.2C11H16.C10H14.C9H12.2C8H10.C7H18Si.C7H8/c1-9-4-6-10(7-5-9)8-11(2,3)12(13,14)15;1-10-5-7-11(8-6-10)9-12(2,3)4;1-9-5-7-10(8-6-9)11(2,3)4;1-9(2)8-11-6-4-10(3)5-7-11;1-8(2)10-6-4-9(3)5-7-10;1-7-4-5-8(2)9(3)6-7;1-7-3-5-8(2)6-4-7;1-7-5-3-4-6-8(7)2;1-5-8(4,6-2)7-3;1-7-5-3-2-4-6-7/h4-7H,8H2,1-3H3;5-8H,9H2,1-4H3;5-8H,1-4H3;4-7,9H,8H2,1-3H3;4-8H,1-3H3;4-6H,1-3H3;2*3-6H,1-2H3;5-7H2,1-4H3;2-6H,1H3. The average molecular weight is 1360 g/mol. The van der Waals surface area contributed by atoms with Crippen molar-refractivity contribution in [2.75, 3.05) is 0 Å². The van der Waals surface area contributed by atoms with E-state index in [1.165, 1.54) is 127 Å². The van der Waals surface area contributed by atoms with E-state index in [1.54, 1.807) is 12.1 Å². The summed E-state index contributed by atoms with van der Waals surface area (Å²) in [6.45, 7) is 61.7. The Morgan fingerprint density at radius 2 is 0.616 bits per heavy atom. The van der Waals surface area contributed by atoms with Gasteiger partial charge in [-0.2, -0.15) is 13.2 Å². The molecule has 0 aliphatic heterocycles. The highest BCUT2D eigenvalue weighted by Gasteiger charge is 2.47. The van der Waals surface area contributed by atoms with Crippen molar-refractivity contribution >= 4 is 8.07 Å². The highest BCUT2D eigenvalue weighted by Crippen LogP contribution is 2.40. The normalized spacial score (nSPS) is 10.8. The number of alkyl halides is 3. The van der Waals surface area contributed by atoms with Crippen LogP contribution in [0.15, 0.2) is 218 Å². The molecule has 0 spiro atoms. The highest BCUT2D eigenvalue weighted by molar-refractivity contribution is 6.78. The molecule has 0 nitrogen and oxygen atoms in total. The van der Waals surface area contributed by atoms with E-state index in [-0.39, 0.29) is 11.8 Å². The van der Waals surface area contributed by atoms with Gasteiger partial charge >= 0.3 is 6.18 Å². The minimum absolute atomic E-state index is 0.0246. The molecule has 0 aromatic heterocycles. The number of halogens is 3. The summed E-state index contributed by atoms with van der Waals surface area (Å²) in [5, 5.41) is 0. The Balaban J connectivity index is 0.00000109. The van der Waals surface area contributed by atoms with Gasteiger partial charge in [-0.15, -0.1) is 0 Å². The second-order valence-electron chi connectivity index (χ2n) is 31.4. The van der Waals surface area contributed by atoms with E-state index in [9.17, 15) is 13.2 Å². The first-order valence-corrected chi connectivity index (χ1v) is 39.5. The van der Waals surface area contributed by atoms with Gasteiger partial charge in [-0.25, -0.2) is 0 Å². The predicted molar refractivity (Wildman–Crippen MR) is 441 cm³/mol. The fraction of sp³-hybridized carbons (Fsp3) is 0.432. The minimum Gasteiger partial charge on any atom is -0.171 e. The molecule has 0 radical (unpaired) electrons. The van der Waals surface area contributed by atoms with Crippen molar-refractivity contribution in [3.63, 3.8) is 0 Å². The van der Waals surface area contributed by atoms with Crippen molar-refractivity contribution in [1.29, 1.82) is 0 Å². The summed E-state index contributed by atoms with van der Waals surface area (Å²) in [6.07, 6.45) is -1.78. The van der Waals surface area contributed by atoms with Crippen molar-refractivity contribution in [3.8, 4) is 0 Å². The van der Waals surface area contributed by atoms with Gasteiger partial charge in [0.25, 0.3) is 0 Å². The zero-order valence-corrected chi connectivity index (χ0v) is 68.8. The second-order valence-corrected chi connectivity index (χ2v) is 37.1. The lowest BCUT2D eigenvalue weighted by molar-refractivity contribution is -0.211. The molecule has 9 aromatic rings. The molecule has 0 fully saturated rings. The molecule has 0 bridgehead atoms.